The lowest BCUT2D eigenvalue weighted by atomic mass is 9.99. The van der Waals surface area contributed by atoms with Crippen LogP contribution in [0.2, 0.25) is 0 Å². The molecule has 0 aliphatic rings. The summed E-state index contributed by atoms with van der Waals surface area (Å²) in [5.41, 5.74) is 8.15. The van der Waals surface area contributed by atoms with Gasteiger partial charge < -0.3 is 4.74 Å². The fraction of sp³-hybridized carbons (Fsp3) is 0.138. The summed E-state index contributed by atoms with van der Waals surface area (Å²) in [6, 6.07) is 28.0. The van der Waals surface area contributed by atoms with Gasteiger partial charge in [-0.15, -0.1) is 0 Å². The van der Waals surface area contributed by atoms with Gasteiger partial charge in [0.25, 0.3) is 0 Å². The van der Waals surface area contributed by atoms with Gasteiger partial charge in [0.15, 0.2) is 0 Å². The molecule has 2 aromatic heterocycles. The summed E-state index contributed by atoms with van der Waals surface area (Å²) >= 11 is 0. The van der Waals surface area contributed by atoms with Crippen molar-refractivity contribution >= 4 is 17.0 Å². The van der Waals surface area contributed by atoms with E-state index in [1.54, 1.807) is 6.07 Å². The van der Waals surface area contributed by atoms with Crippen LogP contribution in [0.3, 0.4) is 0 Å². The average molecular weight is 448 g/mol. The number of hydrogen-bond donors (Lipinski definition) is 0. The first-order valence-corrected chi connectivity index (χ1v) is 11.4. The Morgan fingerprint density at radius 2 is 1.56 bits per heavy atom. The summed E-state index contributed by atoms with van der Waals surface area (Å²) in [4.78, 5) is 22.1. The van der Waals surface area contributed by atoms with Crippen LogP contribution in [0, 0.1) is 13.8 Å². The summed E-state index contributed by atoms with van der Waals surface area (Å²) < 4.78 is 7.42. The number of carbonyl (C=O) groups excluding carboxylic acids is 1. The van der Waals surface area contributed by atoms with Crippen molar-refractivity contribution in [2.45, 2.75) is 20.8 Å². The monoisotopic (exact) mass is 447 g/mol. The number of ether oxygens (including phenoxy) is 1. The van der Waals surface area contributed by atoms with Gasteiger partial charge in [0.1, 0.15) is 11.3 Å². The lowest BCUT2D eigenvalue weighted by Gasteiger charge is -2.12. The van der Waals surface area contributed by atoms with Crippen LogP contribution in [-0.2, 0) is 4.74 Å². The molecule has 0 aliphatic heterocycles. The number of rotatable bonds is 5. The van der Waals surface area contributed by atoms with Crippen LogP contribution in [0.1, 0.15) is 28.7 Å². The highest BCUT2D eigenvalue weighted by Gasteiger charge is 2.18. The Morgan fingerprint density at radius 3 is 2.29 bits per heavy atom. The Balaban J connectivity index is 1.66. The highest BCUT2D eigenvalue weighted by Crippen LogP contribution is 2.32. The van der Waals surface area contributed by atoms with E-state index in [0.717, 1.165) is 50.6 Å². The minimum absolute atomic E-state index is 0.312. The van der Waals surface area contributed by atoms with Gasteiger partial charge in [0.05, 0.1) is 23.4 Å². The third kappa shape index (κ3) is 3.86. The van der Waals surface area contributed by atoms with Gasteiger partial charge >= 0.3 is 5.97 Å². The molecule has 0 fully saturated rings. The summed E-state index contributed by atoms with van der Waals surface area (Å²) in [5, 5.41) is 0. The zero-order valence-electron chi connectivity index (χ0n) is 19.4. The largest absolute Gasteiger partial charge is 0.462 e. The van der Waals surface area contributed by atoms with Gasteiger partial charge in [-0.3, -0.25) is 9.55 Å². The third-order valence-corrected chi connectivity index (χ3v) is 5.84. The molecule has 0 saturated carbocycles. The third-order valence-electron chi connectivity index (χ3n) is 5.84. The van der Waals surface area contributed by atoms with Gasteiger partial charge in [0, 0.05) is 16.9 Å². The minimum atomic E-state index is -0.312. The minimum Gasteiger partial charge on any atom is -0.462 e. The Kier molecular flexibility index (Phi) is 5.68. The maximum absolute atomic E-state index is 12.5. The lowest BCUT2D eigenvalue weighted by molar-refractivity contribution is 0.0527. The van der Waals surface area contributed by atoms with E-state index in [2.05, 4.69) is 39.9 Å². The molecular formula is C29H25N3O2. The van der Waals surface area contributed by atoms with Crippen LogP contribution in [0.4, 0.5) is 0 Å². The first-order valence-electron chi connectivity index (χ1n) is 11.4. The quantitative estimate of drug-likeness (QED) is 0.287. The van der Waals surface area contributed by atoms with Crippen molar-refractivity contribution in [2.24, 2.45) is 0 Å². The van der Waals surface area contributed by atoms with E-state index >= 15 is 0 Å². The normalized spacial score (nSPS) is 11.0. The van der Waals surface area contributed by atoms with Crippen molar-refractivity contribution in [2.75, 3.05) is 6.61 Å². The standard InChI is InChI=1S/C29H25N3O2/c1-4-34-29(33)25-13-9-8-12-24(25)21-14-16-23(17-15-21)32-26-18-19(2)30-20(3)27(26)31-28(32)22-10-6-5-7-11-22/h5-18H,4H2,1-3H3. The van der Waals surface area contributed by atoms with Crippen molar-refractivity contribution in [1.82, 2.24) is 14.5 Å². The number of esters is 1. The van der Waals surface area contributed by atoms with Crippen molar-refractivity contribution < 1.29 is 9.53 Å². The Hall–Kier alpha value is -4.25. The number of pyridine rings is 1. The molecule has 0 radical (unpaired) electrons. The molecule has 0 aliphatic carbocycles. The van der Waals surface area contributed by atoms with Crippen molar-refractivity contribution in [3.63, 3.8) is 0 Å². The predicted octanol–water partition coefficient (Wildman–Crippen LogP) is 6.55. The van der Waals surface area contributed by atoms with E-state index in [4.69, 9.17) is 9.72 Å². The topological polar surface area (TPSA) is 57.0 Å². The molecule has 5 aromatic rings. The van der Waals surface area contributed by atoms with Crippen LogP contribution < -0.4 is 0 Å². The van der Waals surface area contributed by atoms with Crippen molar-refractivity contribution in [3.05, 3.63) is 102 Å². The zero-order chi connectivity index (χ0) is 23.7. The van der Waals surface area contributed by atoms with E-state index in [0.29, 0.717) is 12.2 Å². The average Bonchev–Trinajstić information content (AvgIpc) is 3.24. The fourth-order valence-electron chi connectivity index (χ4n) is 4.33. The van der Waals surface area contributed by atoms with E-state index < -0.39 is 0 Å². The van der Waals surface area contributed by atoms with Gasteiger partial charge in [-0.25, -0.2) is 9.78 Å². The summed E-state index contributed by atoms with van der Waals surface area (Å²) in [6.45, 7) is 6.15. The number of benzene rings is 3. The fourth-order valence-corrected chi connectivity index (χ4v) is 4.33. The van der Waals surface area contributed by atoms with Gasteiger partial charge in [0.2, 0.25) is 0 Å². The second kappa shape index (κ2) is 8.94. The highest BCUT2D eigenvalue weighted by molar-refractivity contribution is 5.97. The molecule has 2 heterocycles. The van der Waals surface area contributed by atoms with E-state index in [-0.39, 0.29) is 5.97 Å². The molecule has 168 valence electrons. The van der Waals surface area contributed by atoms with Crippen LogP contribution in [0.15, 0.2) is 84.9 Å². The number of carbonyl (C=O) groups is 1. The maximum Gasteiger partial charge on any atom is 0.338 e. The number of aromatic nitrogens is 3. The molecule has 5 heteroatoms. The molecule has 5 rings (SSSR count). The smallest absolute Gasteiger partial charge is 0.338 e. The molecule has 0 bridgehead atoms. The second-order valence-electron chi connectivity index (χ2n) is 8.17. The Labute approximate surface area is 198 Å². The van der Waals surface area contributed by atoms with E-state index in [9.17, 15) is 4.79 Å². The predicted molar refractivity (Wildman–Crippen MR) is 135 cm³/mol. The maximum atomic E-state index is 12.5. The molecule has 0 spiro atoms. The van der Waals surface area contributed by atoms with Crippen LogP contribution >= 0.6 is 0 Å². The van der Waals surface area contributed by atoms with Gasteiger partial charge in [-0.1, -0.05) is 60.7 Å². The van der Waals surface area contributed by atoms with E-state index in [1.807, 2.05) is 69.3 Å². The van der Waals surface area contributed by atoms with Gasteiger partial charge in [-0.2, -0.15) is 0 Å². The molecule has 0 saturated heterocycles. The first-order chi connectivity index (χ1) is 16.6. The van der Waals surface area contributed by atoms with Crippen LogP contribution in [0.5, 0.6) is 0 Å². The van der Waals surface area contributed by atoms with Crippen molar-refractivity contribution in [1.29, 1.82) is 0 Å². The number of imidazole rings is 1. The van der Waals surface area contributed by atoms with Crippen LogP contribution in [0.25, 0.3) is 39.2 Å². The number of hydrogen-bond acceptors (Lipinski definition) is 4. The molecule has 0 amide bonds. The molecular weight excluding hydrogens is 422 g/mol. The number of nitrogens with zero attached hydrogens (tertiary/aromatic N) is 3. The molecule has 0 unspecified atom stereocenters. The molecule has 0 atom stereocenters. The Morgan fingerprint density at radius 1 is 0.853 bits per heavy atom. The van der Waals surface area contributed by atoms with Crippen molar-refractivity contribution in [3.8, 4) is 28.2 Å². The number of fused-ring (bicyclic) bond motifs is 1. The molecule has 0 N–H and O–H groups in total. The summed E-state index contributed by atoms with van der Waals surface area (Å²) in [5.74, 6) is 0.554. The van der Waals surface area contributed by atoms with Gasteiger partial charge in [-0.05, 0) is 56.2 Å². The molecule has 5 nitrogen and oxygen atoms in total. The SMILES string of the molecule is CCOC(=O)c1ccccc1-c1ccc(-n2c(-c3ccccc3)nc3c(C)nc(C)cc32)cc1. The lowest BCUT2D eigenvalue weighted by Crippen LogP contribution is -2.06. The zero-order valence-corrected chi connectivity index (χ0v) is 19.4. The number of aryl methyl sites for hydroxylation is 2. The first kappa shape index (κ1) is 21.6. The van der Waals surface area contributed by atoms with Crippen LogP contribution in [-0.4, -0.2) is 27.1 Å². The van der Waals surface area contributed by atoms with E-state index in [1.165, 1.54) is 0 Å². The second-order valence-corrected chi connectivity index (χ2v) is 8.17. The molecule has 3 aromatic carbocycles. The highest BCUT2D eigenvalue weighted by atomic mass is 16.5. The summed E-state index contributed by atoms with van der Waals surface area (Å²) in [7, 11) is 0. The Bertz CT molecular complexity index is 1490. The molecule has 34 heavy (non-hydrogen) atoms. The summed E-state index contributed by atoms with van der Waals surface area (Å²) in [6.07, 6.45) is 0.